The highest BCUT2D eigenvalue weighted by atomic mass is 16.6. The second-order valence-corrected chi connectivity index (χ2v) is 3.06. The second-order valence-electron chi connectivity index (χ2n) is 3.06. The predicted molar refractivity (Wildman–Crippen MR) is 49.3 cm³/mol. The zero-order chi connectivity index (χ0) is 10.3. The number of carbonyl (C=O) groups is 2. The minimum absolute atomic E-state index is 0.472. The van der Waals surface area contributed by atoms with Gasteiger partial charge in [0.15, 0.2) is 11.9 Å². The van der Waals surface area contributed by atoms with Gasteiger partial charge in [-0.3, -0.25) is 4.79 Å². The molecule has 0 aliphatic rings. The van der Waals surface area contributed by atoms with Crippen LogP contribution in [0.5, 0.6) is 0 Å². The average Bonchev–Trinajstić information content (AvgIpc) is 2.12. The molecule has 1 atom stereocenters. The van der Waals surface area contributed by atoms with Crippen molar-refractivity contribution in [1.29, 1.82) is 0 Å². The zero-order valence-electron chi connectivity index (χ0n) is 8.21. The Morgan fingerprint density at radius 1 is 1.54 bits per heavy atom. The van der Waals surface area contributed by atoms with Crippen LogP contribution < -0.4 is 5.73 Å². The van der Waals surface area contributed by atoms with E-state index in [4.69, 9.17) is 10.5 Å². The van der Waals surface area contributed by atoms with Gasteiger partial charge in [-0.1, -0.05) is 20.3 Å². The minimum Gasteiger partial charge on any atom is -0.435 e. The molecule has 0 saturated carbocycles. The van der Waals surface area contributed by atoms with Crippen molar-refractivity contribution in [1.82, 2.24) is 0 Å². The largest absolute Gasteiger partial charge is 0.435 e. The van der Waals surface area contributed by atoms with E-state index in [-0.39, 0.29) is 0 Å². The Kier molecular flexibility index (Phi) is 5.11. The zero-order valence-corrected chi connectivity index (χ0v) is 8.21. The first-order valence-electron chi connectivity index (χ1n) is 4.55. The monoisotopic (exact) mass is 187 g/mol. The van der Waals surface area contributed by atoms with E-state index in [0.29, 0.717) is 19.1 Å². The van der Waals surface area contributed by atoms with Crippen molar-refractivity contribution in [2.24, 2.45) is 5.73 Å². The highest BCUT2D eigenvalue weighted by Gasteiger charge is 2.30. The van der Waals surface area contributed by atoms with E-state index in [2.05, 4.69) is 0 Å². The van der Waals surface area contributed by atoms with E-state index in [1.54, 1.807) is 6.92 Å². The van der Waals surface area contributed by atoms with Gasteiger partial charge in [-0.05, 0) is 19.3 Å². The van der Waals surface area contributed by atoms with E-state index in [9.17, 15) is 9.59 Å². The highest BCUT2D eigenvalue weighted by Crippen LogP contribution is 2.20. The quantitative estimate of drug-likeness (QED) is 0.642. The molecule has 0 aromatic heterocycles. The first-order chi connectivity index (χ1) is 6.10. The summed E-state index contributed by atoms with van der Waals surface area (Å²) >= 11 is 0. The molecule has 1 amide bonds. The molecule has 4 nitrogen and oxygen atoms in total. The molecule has 13 heavy (non-hydrogen) atoms. The number of rotatable bonds is 6. The first kappa shape index (κ1) is 11.9. The van der Waals surface area contributed by atoms with Crippen molar-refractivity contribution >= 4 is 12.4 Å². The van der Waals surface area contributed by atoms with Crippen LogP contribution in [0.3, 0.4) is 0 Å². The molecule has 0 aromatic rings. The van der Waals surface area contributed by atoms with E-state index in [1.807, 2.05) is 6.92 Å². The molecule has 0 radical (unpaired) electrons. The Morgan fingerprint density at radius 2 is 2.15 bits per heavy atom. The highest BCUT2D eigenvalue weighted by molar-refractivity contribution is 5.71. The fraction of sp³-hybridized carbons (Fsp3) is 0.778. The summed E-state index contributed by atoms with van der Waals surface area (Å²) in [5, 5.41) is 0. The van der Waals surface area contributed by atoms with Crippen LogP contribution in [0.1, 0.15) is 39.5 Å². The van der Waals surface area contributed by atoms with Crippen molar-refractivity contribution in [2.75, 3.05) is 0 Å². The maximum Gasteiger partial charge on any atom is 0.405 e. The summed E-state index contributed by atoms with van der Waals surface area (Å²) in [7, 11) is 0. The molecule has 0 saturated heterocycles. The van der Waals surface area contributed by atoms with Crippen LogP contribution in [0.25, 0.3) is 0 Å². The molecule has 4 heteroatoms. The van der Waals surface area contributed by atoms with E-state index >= 15 is 0 Å². The molecule has 1 unspecified atom stereocenters. The van der Waals surface area contributed by atoms with Crippen molar-refractivity contribution in [2.45, 2.75) is 45.1 Å². The molecule has 0 fully saturated rings. The number of unbranched alkanes of at least 4 members (excludes halogenated alkanes) is 1. The lowest BCUT2D eigenvalue weighted by atomic mass is 9.95. The van der Waals surface area contributed by atoms with E-state index in [1.165, 1.54) is 0 Å². The molecule has 2 N–H and O–H groups in total. The molecular formula is C9H17NO3. The Labute approximate surface area is 78.4 Å². The molecular weight excluding hydrogens is 170 g/mol. The molecule has 0 aromatic carbocycles. The Hall–Kier alpha value is -1.06. The van der Waals surface area contributed by atoms with Gasteiger partial charge in [0.25, 0.3) is 0 Å². The second kappa shape index (κ2) is 5.56. The summed E-state index contributed by atoms with van der Waals surface area (Å²) in [4.78, 5) is 21.3. The number of hydrogen-bond acceptors (Lipinski definition) is 3. The molecule has 0 aliphatic carbocycles. The lowest BCUT2D eigenvalue weighted by molar-refractivity contribution is -0.125. The molecule has 0 aliphatic heterocycles. The number of ether oxygens (including phenoxy) is 1. The van der Waals surface area contributed by atoms with Gasteiger partial charge in [0, 0.05) is 0 Å². The fourth-order valence-electron chi connectivity index (χ4n) is 1.14. The van der Waals surface area contributed by atoms with Crippen molar-refractivity contribution in [3.8, 4) is 0 Å². The maximum atomic E-state index is 10.8. The van der Waals surface area contributed by atoms with Gasteiger partial charge >= 0.3 is 6.09 Å². The SMILES string of the molecule is CCCCC(C=O)(CC)OC(N)=O. The van der Waals surface area contributed by atoms with Crippen molar-refractivity contribution in [3.05, 3.63) is 0 Å². The van der Waals surface area contributed by atoms with Gasteiger partial charge < -0.3 is 10.5 Å². The number of aldehydes is 1. The van der Waals surface area contributed by atoms with Gasteiger partial charge in [-0.2, -0.15) is 0 Å². The molecule has 0 bridgehead atoms. The Balaban J connectivity index is 4.30. The summed E-state index contributed by atoms with van der Waals surface area (Å²) in [6.07, 6.45) is 2.61. The predicted octanol–water partition coefficient (Wildman–Crippen LogP) is 1.62. The average molecular weight is 187 g/mol. The lowest BCUT2D eigenvalue weighted by Gasteiger charge is -2.25. The van der Waals surface area contributed by atoms with Gasteiger partial charge in [0.2, 0.25) is 0 Å². The van der Waals surface area contributed by atoms with Crippen LogP contribution >= 0.6 is 0 Å². The molecule has 0 spiro atoms. The van der Waals surface area contributed by atoms with Crippen LogP contribution in [0.15, 0.2) is 0 Å². The summed E-state index contributed by atoms with van der Waals surface area (Å²) in [5.74, 6) is 0. The van der Waals surface area contributed by atoms with Gasteiger partial charge in [-0.25, -0.2) is 4.79 Å². The number of carbonyl (C=O) groups excluding carboxylic acids is 2. The number of amides is 1. The first-order valence-corrected chi connectivity index (χ1v) is 4.55. The fourth-order valence-corrected chi connectivity index (χ4v) is 1.14. The van der Waals surface area contributed by atoms with Crippen molar-refractivity contribution in [3.63, 3.8) is 0 Å². The smallest absolute Gasteiger partial charge is 0.405 e. The standard InChI is InChI=1S/C9H17NO3/c1-3-5-6-9(4-2,7-11)13-8(10)12/h7H,3-6H2,1-2H3,(H2,10,12). The number of hydrogen-bond donors (Lipinski definition) is 1. The van der Waals surface area contributed by atoms with E-state index in [0.717, 1.165) is 12.8 Å². The third-order valence-electron chi connectivity index (χ3n) is 2.07. The van der Waals surface area contributed by atoms with Crippen LogP contribution in [-0.2, 0) is 9.53 Å². The Bertz CT molecular complexity index is 182. The summed E-state index contributed by atoms with van der Waals surface area (Å²) in [6, 6.07) is 0. The van der Waals surface area contributed by atoms with Gasteiger partial charge in [0.1, 0.15) is 0 Å². The van der Waals surface area contributed by atoms with Gasteiger partial charge in [0.05, 0.1) is 0 Å². The summed E-state index contributed by atoms with van der Waals surface area (Å²) in [5.41, 5.74) is 3.88. The van der Waals surface area contributed by atoms with Crippen LogP contribution in [0, 0.1) is 0 Å². The van der Waals surface area contributed by atoms with Gasteiger partial charge in [-0.15, -0.1) is 0 Å². The third kappa shape index (κ3) is 3.92. The third-order valence-corrected chi connectivity index (χ3v) is 2.07. The number of nitrogens with two attached hydrogens (primary N) is 1. The van der Waals surface area contributed by atoms with E-state index < -0.39 is 11.7 Å². The lowest BCUT2D eigenvalue weighted by Crippen LogP contribution is -2.38. The van der Waals surface area contributed by atoms with Crippen molar-refractivity contribution < 1.29 is 14.3 Å². The van der Waals surface area contributed by atoms with Crippen LogP contribution in [0.2, 0.25) is 0 Å². The normalized spacial score (nSPS) is 14.6. The maximum absolute atomic E-state index is 10.8. The molecule has 0 rings (SSSR count). The van der Waals surface area contributed by atoms with Crippen LogP contribution in [-0.4, -0.2) is 18.0 Å². The Morgan fingerprint density at radius 3 is 2.46 bits per heavy atom. The minimum atomic E-state index is -0.998. The number of primary amides is 1. The van der Waals surface area contributed by atoms with Crippen LogP contribution in [0.4, 0.5) is 4.79 Å². The molecule has 0 heterocycles. The molecule has 76 valence electrons. The summed E-state index contributed by atoms with van der Waals surface area (Å²) < 4.78 is 4.81. The summed E-state index contributed by atoms with van der Waals surface area (Å²) in [6.45, 7) is 3.81. The topological polar surface area (TPSA) is 69.4 Å².